The van der Waals surface area contributed by atoms with Gasteiger partial charge in [-0.15, -0.1) is 0 Å². The number of hydrogen-bond acceptors (Lipinski definition) is 2. The summed E-state index contributed by atoms with van der Waals surface area (Å²) in [6.07, 6.45) is 7.22. The number of ketones is 1. The van der Waals surface area contributed by atoms with Gasteiger partial charge in [-0.3, -0.25) is 4.79 Å². The van der Waals surface area contributed by atoms with E-state index >= 15 is 0 Å². The second-order valence-corrected chi connectivity index (χ2v) is 6.06. The molecule has 0 radical (unpaired) electrons. The second-order valence-electron chi connectivity index (χ2n) is 6.06. The molecule has 1 N–H and O–H groups in total. The molecular formula is C18H20O2. The number of hydrogen-bond donors (Lipinski definition) is 1. The molecule has 1 aromatic carbocycles. The van der Waals surface area contributed by atoms with Crippen LogP contribution in [0.15, 0.2) is 47.6 Å². The molecule has 1 aromatic rings. The average molecular weight is 268 g/mol. The third kappa shape index (κ3) is 2.36. The predicted octanol–water partition coefficient (Wildman–Crippen LogP) is 3.52. The minimum absolute atomic E-state index is 0.127. The molecular weight excluding hydrogens is 248 g/mol. The molecule has 0 bridgehead atoms. The molecule has 104 valence electrons. The van der Waals surface area contributed by atoms with Gasteiger partial charge in [0.25, 0.3) is 0 Å². The van der Waals surface area contributed by atoms with Crippen molar-refractivity contribution in [2.45, 2.75) is 38.2 Å². The van der Waals surface area contributed by atoms with Crippen LogP contribution in [-0.4, -0.2) is 16.5 Å². The smallest absolute Gasteiger partial charge is 0.163 e. The van der Waals surface area contributed by atoms with Crippen molar-refractivity contribution in [3.8, 4) is 0 Å². The fraction of sp³-hybridized carbons (Fsp3) is 0.389. The maximum atomic E-state index is 12.3. The van der Waals surface area contributed by atoms with E-state index < -0.39 is 5.60 Å². The van der Waals surface area contributed by atoms with Crippen LogP contribution in [0.25, 0.3) is 6.08 Å². The van der Waals surface area contributed by atoms with Gasteiger partial charge in [-0.25, -0.2) is 0 Å². The van der Waals surface area contributed by atoms with Crippen molar-refractivity contribution in [1.29, 1.82) is 0 Å². The third-order valence-corrected chi connectivity index (χ3v) is 4.45. The zero-order valence-electron chi connectivity index (χ0n) is 11.8. The van der Waals surface area contributed by atoms with E-state index in [1.165, 1.54) is 5.57 Å². The van der Waals surface area contributed by atoms with Crippen molar-refractivity contribution in [3.63, 3.8) is 0 Å². The first-order chi connectivity index (χ1) is 9.58. The van der Waals surface area contributed by atoms with Crippen LogP contribution in [0.5, 0.6) is 0 Å². The van der Waals surface area contributed by atoms with E-state index in [1.807, 2.05) is 49.4 Å². The first-order valence-corrected chi connectivity index (χ1v) is 7.29. The first kappa shape index (κ1) is 13.3. The molecule has 1 fully saturated rings. The summed E-state index contributed by atoms with van der Waals surface area (Å²) in [7, 11) is 0. The quantitative estimate of drug-likeness (QED) is 0.625. The number of rotatable bonds is 1. The van der Waals surface area contributed by atoms with E-state index in [4.69, 9.17) is 0 Å². The summed E-state index contributed by atoms with van der Waals surface area (Å²) in [4.78, 5) is 12.3. The molecule has 0 aromatic heterocycles. The van der Waals surface area contributed by atoms with E-state index in [1.54, 1.807) is 0 Å². The lowest BCUT2D eigenvalue weighted by atomic mass is 9.66. The molecule has 0 unspecified atom stereocenters. The SMILES string of the molecule is C[C@@]1(O)CCCC2=CCC(=O)/C(=C\c3ccccc3)[C@H]21. The standard InChI is InChI=1S/C18H20O2/c1-18(20)11-5-8-14-9-10-16(19)15(17(14)18)12-13-6-3-2-4-7-13/h2-4,6-7,9,12,17,20H,5,8,10-11H2,1H3/b15-12+/t17-,18+/m0/s1. The molecule has 1 saturated carbocycles. The molecule has 0 saturated heterocycles. The van der Waals surface area contributed by atoms with Crippen LogP contribution in [0.3, 0.4) is 0 Å². The topological polar surface area (TPSA) is 37.3 Å². The lowest BCUT2D eigenvalue weighted by Crippen LogP contribution is -2.43. The van der Waals surface area contributed by atoms with Gasteiger partial charge >= 0.3 is 0 Å². The van der Waals surface area contributed by atoms with Gasteiger partial charge in [0.15, 0.2) is 5.78 Å². The Morgan fingerprint density at radius 1 is 1.30 bits per heavy atom. The second kappa shape index (κ2) is 5.02. The largest absolute Gasteiger partial charge is 0.389 e. The van der Waals surface area contributed by atoms with Crippen molar-refractivity contribution in [1.82, 2.24) is 0 Å². The van der Waals surface area contributed by atoms with Crippen molar-refractivity contribution in [2.24, 2.45) is 5.92 Å². The summed E-state index contributed by atoms with van der Waals surface area (Å²) in [5.41, 5.74) is 2.24. The van der Waals surface area contributed by atoms with Crippen LogP contribution in [0, 0.1) is 5.92 Å². The Labute approximate surface area is 119 Å². The molecule has 0 heterocycles. The highest BCUT2D eigenvalue weighted by molar-refractivity contribution is 6.02. The van der Waals surface area contributed by atoms with Gasteiger partial charge in [0.2, 0.25) is 0 Å². The fourth-order valence-corrected chi connectivity index (χ4v) is 3.49. The number of aliphatic hydroxyl groups is 1. The maximum Gasteiger partial charge on any atom is 0.163 e. The van der Waals surface area contributed by atoms with Crippen molar-refractivity contribution < 1.29 is 9.90 Å². The highest BCUT2D eigenvalue weighted by Gasteiger charge is 2.43. The molecule has 0 amide bonds. The number of fused-ring (bicyclic) bond motifs is 1. The van der Waals surface area contributed by atoms with Gasteiger partial charge in [0.05, 0.1) is 5.60 Å². The zero-order valence-corrected chi connectivity index (χ0v) is 11.8. The van der Waals surface area contributed by atoms with Gasteiger partial charge in [-0.1, -0.05) is 42.0 Å². The van der Waals surface area contributed by atoms with Crippen LogP contribution in [0.1, 0.15) is 38.2 Å². The summed E-state index contributed by atoms with van der Waals surface area (Å²) in [6, 6.07) is 9.89. The van der Waals surface area contributed by atoms with E-state index in [2.05, 4.69) is 0 Å². The number of carbonyl (C=O) groups excluding carboxylic acids is 1. The Kier molecular flexibility index (Phi) is 3.35. The van der Waals surface area contributed by atoms with Crippen LogP contribution in [-0.2, 0) is 4.79 Å². The van der Waals surface area contributed by atoms with Gasteiger partial charge in [0, 0.05) is 17.9 Å². The number of allylic oxidation sites excluding steroid dienone is 1. The van der Waals surface area contributed by atoms with E-state index in [-0.39, 0.29) is 11.7 Å². The van der Waals surface area contributed by atoms with Crippen molar-refractivity contribution >= 4 is 11.9 Å². The highest BCUT2D eigenvalue weighted by Crippen LogP contribution is 2.45. The first-order valence-electron chi connectivity index (χ1n) is 7.29. The molecule has 2 aliphatic rings. The van der Waals surface area contributed by atoms with Crippen LogP contribution >= 0.6 is 0 Å². The van der Waals surface area contributed by atoms with E-state index in [0.717, 1.165) is 30.4 Å². The summed E-state index contributed by atoms with van der Waals surface area (Å²) in [5, 5.41) is 10.7. The van der Waals surface area contributed by atoms with Gasteiger partial charge in [-0.05, 0) is 37.8 Å². The van der Waals surface area contributed by atoms with E-state index in [0.29, 0.717) is 6.42 Å². The minimum atomic E-state index is -0.805. The normalized spacial score (nSPS) is 31.9. The zero-order chi connectivity index (χ0) is 14.2. The van der Waals surface area contributed by atoms with Gasteiger partial charge in [0.1, 0.15) is 0 Å². The Morgan fingerprint density at radius 2 is 2.05 bits per heavy atom. The highest BCUT2D eigenvalue weighted by atomic mass is 16.3. The molecule has 2 nitrogen and oxygen atoms in total. The Hall–Kier alpha value is -1.67. The molecule has 3 rings (SSSR count). The fourth-order valence-electron chi connectivity index (χ4n) is 3.49. The maximum absolute atomic E-state index is 12.3. The van der Waals surface area contributed by atoms with Gasteiger partial charge in [-0.2, -0.15) is 0 Å². The van der Waals surface area contributed by atoms with Crippen LogP contribution in [0.2, 0.25) is 0 Å². The Morgan fingerprint density at radius 3 is 2.80 bits per heavy atom. The summed E-state index contributed by atoms with van der Waals surface area (Å²) >= 11 is 0. The van der Waals surface area contributed by atoms with E-state index in [9.17, 15) is 9.90 Å². The summed E-state index contributed by atoms with van der Waals surface area (Å²) < 4.78 is 0. The molecule has 2 aliphatic carbocycles. The predicted molar refractivity (Wildman–Crippen MR) is 80.1 cm³/mol. The molecule has 0 spiro atoms. The number of Topliss-reactive ketones (excluding diaryl/α,β-unsaturated/α-hetero) is 1. The Balaban J connectivity index is 2.06. The molecule has 2 atom stereocenters. The van der Waals surface area contributed by atoms with Gasteiger partial charge < -0.3 is 5.11 Å². The monoisotopic (exact) mass is 268 g/mol. The third-order valence-electron chi connectivity index (χ3n) is 4.45. The lowest BCUT2D eigenvalue weighted by molar-refractivity contribution is -0.117. The lowest BCUT2D eigenvalue weighted by Gasteiger charge is -2.42. The molecule has 20 heavy (non-hydrogen) atoms. The van der Waals surface area contributed by atoms with Crippen molar-refractivity contribution in [3.05, 3.63) is 53.1 Å². The molecule has 0 aliphatic heterocycles. The van der Waals surface area contributed by atoms with Crippen molar-refractivity contribution in [2.75, 3.05) is 0 Å². The number of carbonyl (C=O) groups is 1. The summed E-state index contributed by atoms with van der Waals surface area (Å²) in [6.45, 7) is 1.86. The summed E-state index contributed by atoms with van der Waals surface area (Å²) in [5.74, 6) is 0.0162. The number of benzene rings is 1. The average Bonchev–Trinajstić information content (AvgIpc) is 2.42. The van der Waals surface area contributed by atoms with Crippen LogP contribution in [0.4, 0.5) is 0 Å². The minimum Gasteiger partial charge on any atom is -0.389 e. The molecule has 2 heteroatoms. The Bertz CT molecular complexity index is 579. The van der Waals surface area contributed by atoms with Crippen LogP contribution < -0.4 is 0 Å².